The Morgan fingerprint density at radius 2 is 2.33 bits per heavy atom. The first kappa shape index (κ1) is 10.6. The average molecular weight is 207 g/mol. The summed E-state index contributed by atoms with van der Waals surface area (Å²) in [6.07, 6.45) is 8.21. The molecule has 0 saturated heterocycles. The highest BCUT2D eigenvalue weighted by Gasteiger charge is 2.22. The largest absolute Gasteiger partial charge is 0.501 e. The maximum Gasteiger partial charge on any atom is 0.0960 e. The van der Waals surface area contributed by atoms with Gasteiger partial charge in [0.15, 0.2) is 0 Å². The lowest BCUT2D eigenvalue weighted by Crippen LogP contribution is -2.30. The van der Waals surface area contributed by atoms with E-state index in [1.165, 1.54) is 32.4 Å². The van der Waals surface area contributed by atoms with Crippen molar-refractivity contribution in [3.05, 3.63) is 23.1 Å². The Bertz CT molecular complexity index is 291. The number of methoxy groups -OCH3 is 1. The van der Waals surface area contributed by atoms with E-state index < -0.39 is 0 Å². The standard InChI is InChI=1S/C13H21NO/c1-3-8-14-9-4-5-11-10-12(15-2)6-7-13(11)14/h6H,3-5,7-10H2,1-2H3. The fraction of sp³-hybridized carbons (Fsp3) is 0.692. The van der Waals surface area contributed by atoms with Gasteiger partial charge in [-0.2, -0.15) is 0 Å². The maximum atomic E-state index is 5.34. The van der Waals surface area contributed by atoms with E-state index in [9.17, 15) is 0 Å². The predicted octanol–water partition coefficient (Wildman–Crippen LogP) is 3.07. The van der Waals surface area contributed by atoms with E-state index in [4.69, 9.17) is 4.74 Å². The molecule has 0 N–H and O–H groups in total. The topological polar surface area (TPSA) is 12.5 Å². The molecule has 0 aromatic rings. The Kier molecular flexibility index (Phi) is 3.34. The highest BCUT2D eigenvalue weighted by atomic mass is 16.5. The molecule has 0 amide bonds. The predicted molar refractivity (Wildman–Crippen MR) is 62.5 cm³/mol. The van der Waals surface area contributed by atoms with E-state index in [1.807, 2.05) is 0 Å². The molecular weight excluding hydrogens is 186 g/mol. The molecule has 0 saturated carbocycles. The molecule has 0 bridgehead atoms. The molecule has 0 atom stereocenters. The smallest absolute Gasteiger partial charge is 0.0960 e. The van der Waals surface area contributed by atoms with E-state index in [0.717, 1.165) is 18.6 Å². The molecule has 84 valence electrons. The van der Waals surface area contributed by atoms with Crippen LogP contribution in [0.4, 0.5) is 0 Å². The van der Waals surface area contributed by atoms with Crippen LogP contribution < -0.4 is 0 Å². The second-order valence-electron chi connectivity index (χ2n) is 4.40. The van der Waals surface area contributed by atoms with Gasteiger partial charge in [-0.1, -0.05) is 6.92 Å². The van der Waals surface area contributed by atoms with Gasteiger partial charge in [-0.25, -0.2) is 0 Å². The van der Waals surface area contributed by atoms with E-state index in [0.29, 0.717) is 0 Å². The van der Waals surface area contributed by atoms with Crippen LogP contribution in [0.5, 0.6) is 0 Å². The second kappa shape index (κ2) is 4.73. The van der Waals surface area contributed by atoms with Crippen molar-refractivity contribution in [2.45, 2.75) is 39.0 Å². The van der Waals surface area contributed by atoms with Gasteiger partial charge in [0.25, 0.3) is 0 Å². The van der Waals surface area contributed by atoms with Gasteiger partial charge < -0.3 is 9.64 Å². The summed E-state index contributed by atoms with van der Waals surface area (Å²) >= 11 is 0. The minimum atomic E-state index is 1.05. The zero-order valence-electron chi connectivity index (χ0n) is 9.88. The number of ether oxygens (including phenoxy) is 1. The summed E-state index contributed by atoms with van der Waals surface area (Å²) in [6.45, 7) is 4.73. The number of nitrogens with zero attached hydrogens (tertiary/aromatic N) is 1. The van der Waals surface area contributed by atoms with Gasteiger partial charge in [0.05, 0.1) is 12.9 Å². The summed E-state index contributed by atoms with van der Waals surface area (Å²) in [5.74, 6) is 1.16. The van der Waals surface area contributed by atoms with Gasteiger partial charge >= 0.3 is 0 Å². The van der Waals surface area contributed by atoms with Crippen molar-refractivity contribution >= 4 is 0 Å². The van der Waals surface area contributed by atoms with Crippen molar-refractivity contribution in [2.24, 2.45) is 0 Å². The van der Waals surface area contributed by atoms with Gasteiger partial charge in [0.2, 0.25) is 0 Å². The molecule has 0 fully saturated rings. The summed E-state index contributed by atoms with van der Waals surface area (Å²) in [5, 5.41) is 0. The molecule has 1 aliphatic heterocycles. The van der Waals surface area contributed by atoms with Crippen LogP contribution in [0.25, 0.3) is 0 Å². The van der Waals surface area contributed by atoms with Gasteiger partial charge in [0.1, 0.15) is 0 Å². The lowest BCUT2D eigenvalue weighted by Gasteiger charge is -2.35. The Hall–Kier alpha value is -0.920. The molecule has 2 nitrogen and oxygen atoms in total. The fourth-order valence-corrected chi connectivity index (χ4v) is 2.62. The summed E-state index contributed by atoms with van der Waals surface area (Å²) in [6, 6.07) is 0. The third kappa shape index (κ3) is 2.19. The lowest BCUT2D eigenvalue weighted by atomic mass is 9.92. The van der Waals surface area contributed by atoms with Crippen LogP contribution in [0.2, 0.25) is 0 Å². The zero-order chi connectivity index (χ0) is 10.7. The maximum absolute atomic E-state index is 5.34. The SMILES string of the molecule is CCCN1CCCC2=C1CC=C(OC)C2. The monoisotopic (exact) mass is 207 g/mol. The van der Waals surface area contributed by atoms with Crippen LogP contribution in [0.3, 0.4) is 0 Å². The lowest BCUT2D eigenvalue weighted by molar-refractivity contribution is 0.260. The molecule has 15 heavy (non-hydrogen) atoms. The third-order valence-electron chi connectivity index (χ3n) is 3.36. The highest BCUT2D eigenvalue weighted by molar-refractivity contribution is 5.27. The molecule has 0 aromatic carbocycles. The van der Waals surface area contributed by atoms with E-state index in [2.05, 4.69) is 17.9 Å². The van der Waals surface area contributed by atoms with Crippen molar-refractivity contribution in [1.29, 1.82) is 0 Å². The Labute approximate surface area is 92.6 Å². The Morgan fingerprint density at radius 3 is 3.07 bits per heavy atom. The highest BCUT2D eigenvalue weighted by Crippen LogP contribution is 2.33. The first-order valence-electron chi connectivity index (χ1n) is 6.04. The van der Waals surface area contributed by atoms with Crippen molar-refractivity contribution in [3.63, 3.8) is 0 Å². The summed E-state index contributed by atoms with van der Waals surface area (Å²) in [7, 11) is 1.78. The first-order valence-corrected chi connectivity index (χ1v) is 6.04. The van der Waals surface area contributed by atoms with Crippen molar-refractivity contribution in [2.75, 3.05) is 20.2 Å². The summed E-state index contributed by atoms with van der Waals surface area (Å²) in [4.78, 5) is 2.57. The van der Waals surface area contributed by atoms with E-state index in [1.54, 1.807) is 18.4 Å². The van der Waals surface area contributed by atoms with Crippen LogP contribution in [0.15, 0.2) is 23.1 Å². The number of hydrogen-bond acceptors (Lipinski definition) is 2. The Morgan fingerprint density at radius 1 is 1.47 bits per heavy atom. The minimum Gasteiger partial charge on any atom is -0.501 e. The molecule has 1 aliphatic carbocycles. The second-order valence-corrected chi connectivity index (χ2v) is 4.40. The first-order chi connectivity index (χ1) is 7.35. The summed E-state index contributed by atoms with van der Waals surface area (Å²) in [5.41, 5.74) is 3.21. The molecule has 0 radical (unpaired) electrons. The molecular formula is C13H21NO. The van der Waals surface area contributed by atoms with Gasteiger partial charge in [-0.15, -0.1) is 0 Å². The number of rotatable bonds is 3. The molecule has 0 aromatic heterocycles. The van der Waals surface area contributed by atoms with Crippen molar-refractivity contribution in [3.8, 4) is 0 Å². The Balaban J connectivity index is 2.10. The molecule has 2 rings (SSSR count). The average Bonchev–Trinajstić information content (AvgIpc) is 2.29. The van der Waals surface area contributed by atoms with Crippen LogP contribution in [-0.2, 0) is 4.74 Å². The summed E-state index contributed by atoms with van der Waals surface area (Å²) < 4.78 is 5.34. The minimum absolute atomic E-state index is 1.05. The van der Waals surface area contributed by atoms with E-state index >= 15 is 0 Å². The quantitative estimate of drug-likeness (QED) is 0.705. The molecule has 2 aliphatic rings. The van der Waals surface area contributed by atoms with Crippen LogP contribution >= 0.6 is 0 Å². The van der Waals surface area contributed by atoms with Crippen LogP contribution in [-0.4, -0.2) is 25.1 Å². The zero-order valence-corrected chi connectivity index (χ0v) is 9.88. The van der Waals surface area contributed by atoms with Crippen LogP contribution in [0, 0.1) is 0 Å². The molecule has 0 unspecified atom stereocenters. The fourth-order valence-electron chi connectivity index (χ4n) is 2.62. The number of hydrogen-bond donors (Lipinski definition) is 0. The van der Waals surface area contributed by atoms with Gasteiger partial charge in [-0.3, -0.25) is 0 Å². The van der Waals surface area contributed by atoms with Crippen molar-refractivity contribution in [1.82, 2.24) is 4.90 Å². The molecule has 2 heteroatoms. The van der Waals surface area contributed by atoms with Crippen LogP contribution in [0.1, 0.15) is 39.0 Å². The van der Waals surface area contributed by atoms with E-state index in [-0.39, 0.29) is 0 Å². The molecule has 1 heterocycles. The third-order valence-corrected chi connectivity index (χ3v) is 3.36. The van der Waals surface area contributed by atoms with Gasteiger partial charge in [0, 0.05) is 31.6 Å². The molecule has 0 spiro atoms. The van der Waals surface area contributed by atoms with Gasteiger partial charge in [-0.05, 0) is 30.9 Å². The normalized spacial score (nSPS) is 21.2. The van der Waals surface area contributed by atoms with Crippen molar-refractivity contribution < 1.29 is 4.74 Å². The number of allylic oxidation sites excluding steroid dienone is 2.